The van der Waals surface area contributed by atoms with E-state index in [1.807, 2.05) is 0 Å². The number of halogens is 1. The van der Waals surface area contributed by atoms with Crippen molar-refractivity contribution >= 4 is 23.4 Å². The van der Waals surface area contributed by atoms with Crippen LogP contribution in [0.2, 0.25) is 0 Å². The average Bonchev–Trinajstić information content (AvgIpc) is 2.36. The van der Waals surface area contributed by atoms with E-state index in [4.69, 9.17) is 0 Å². The molecule has 0 bridgehead atoms. The van der Waals surface area contributed by atoms with Crippen LogP contribution in [-0.4, -0.2) is 26.8 Å². The number of nitrogens with zero attached hydrogens (tertiary/aromatic N) is 2. The minimum atomic E-state index is -0.427. The summed E-state index contributed by atoms with van der Waals surface area (Å²) in [6.07, 6.45) is 1.04. The van der Waals surface area contributed by atoms with Gasteiger partial charge in [-0.1, -0.05) is 17.8 Å². The summed E-state index contributed by atoms with van der Waals surface area (Å²) in [7, 11) is 0. The minimum Gasteiger partial charge on any atom is -0.325 e. The molecule has 98 valence electrons. The molecule has 1 heterocycles. The molecule has 1 aromatic carbocycles. The van der Waals surface area contributed by atoms with Crippen molar-refractivity contribution in [3.63, 3.8) is 0 Å². The van der Waals surface area contributed by atoms with Crippen molar-refractivity contribution in [2.24, 2.45) is 0 Å². The van der Waals surface area contributed by atoms with Crippen molar-refractivity contribution in [3.05, 3.63) is 46.6 Å². The molecule has 8 heteroatoms. The summed E-state index contributed by atoms with van der Waals surface area (Å²) in [5.74, 6) is -0.726. The molecule has 0 atom stereocenters. The molecule has 0 spiro atoms. The van der Waals surface area contributed by atoms with Crippen LogP contribution in [0.4, 0.5) is 10.1 Å². The number of anilines is 1. The first kappa shape index (κ1) is 13.2. The number of rotatable bonds is 4. The second-order valence-corrected chi connectivity index (χ2v) is 4.45. The maximum atomic E-state index is 12.9. The molecule has 0 saturated heterocycles. The lowest BCUT2D eigenvalue weighted by Gasteiger charge is -2.04. The molecule has 0 unspecified atom stereocenters. The third-order valence-electron chi connectivity index (χ3n) is 2.00. The van der Waals surface area contributed by atoms with E-state index < -0.39 is 5.82 Å². The van der Waals surface area contributed by atoms with E-state index in [1.54, 1.807) is 6.07 Å². The van der Waals surface area contributed by atoms with Gasteiger partial charge in [-0.3, -0.25) is 14.6 Å². The summed E-state index contributed by atoms with van der Waals surface area (Å²) >= 11 is 1.03. The third-order valence-corrected chi connectivity index (χ3v) is 2.87. The SMILES string of the molecule is O=C(CSc1nncc(=O)[nH]1)Nc1cccc(F)c1. The predicted molar refractivity (Wildman–Crippen MR) is 68.4 cm³/mol. The Bertz CT molecular complexity index is 646. The van der Waals surface area contributed by atoms with Gasteiger partial charge in [-0.25, -0.2) is 4.39 Å². The lowest BCUT2D eigenvalue weighted by Crippen LogP contribution is -2.15. The van der Waals surface area contributed by atoms with Gasteiger partial charge in [-0.2, -0.15) is 5.10 Å². The number of hydrogen-bond donors (Lipinski definition) is 2. The Labute approximate surface area is 111 Å². The Kier molecular flexibility index (Phi) is 4.24. The largest absolute Gasteiger partial charge is 0.325 e. The number of thioether (sulfide) groups is 1. The number of nitrogens with one attached hydrogen (secondary N) is 2. The Hall–Kier alpha value is -2.22. The number of aromatic nitrogens is 3. The Morgan fingerprint density at radius 1 is 1.47 bits per heavy atom. The van der Waals surface area contributed by atoms with Gasteiger partial charge in [-0.15, -0.1) is 5.10 Å². The molecule has 19 heavy (non-hydrogen) atoms. The van der Waals surface area contributed by atoms with Gasteiger partial charge in [0.15, 0.2) is 5.16 Å². The van der Waals surface area contributed by atoms with Crippen LogP contribution in [0.3, 0.4) is 0 Å². The summed E-state index contributed by atoms with van der Waals surface area (Å²) in [4.78, 5) is 25.0. The van der Waals surface area contributed by atoms with E-state index in [0.717, 1.165) is 18.0 Å². The summed E-state index contributed by atoms with van der Waals surface area (Å²) in [5, 5.41) is 9.89. The van der Waals surface area contributed by atoms with Gasteiger partial charge in [0.1, 0.15) is 12.0 Å². The van der Waals surface area contributed by atoms with Crippen molar-refractivity contribution in [2.45, 2.75) is 5.16 Å². The third kappa shape index (κ3) is 4.18. The first-order valence-electron chi connectivity index (χ1n) is 5.24. The summed E-state index contributed by atoms with van der Waals surface area (Å²) < 4.78 is 12.9. The molecule has 2 aromatic rings. The maximum Gasteiger partial charge on any atom is 0.270 e. The average molecular weight is 280 g/mol. The smallest absolute Gasteiger partial charge is 0.270 e. The normalized spacial score (nSPS) is 10.2. The fourth-order valence-electron chi connectivity index (χ4n) is 1.26. The number of benzene rings is 1. The van der Waals surface area contributed by atoms with Crippen LogP contribution in [0.15, 0.2) is 40.4 Å². The summed E-state index contributed by atoms with van der Waals surface area (Å²) in [6, 6.07) is 5.58. The van der Waals surface area contributed by atoms with E-state index in [-0.39, 0.29) is 22.4 Å². The first-order valence-corrected chi connectivity index (χ1v) is 6.22. The van der Waals surface area contributed by atoms with Gasteiger partial charge < -0.3 is 5.32 Å². The van der Waals surface area contributed by atoms with Crippen LogP contribution in [0.1, 0.15) is 0 Å². The monoisotopic (exact) mass is 280 g/mol. The molecule has 0 radical (unpaired) electrons. The molecule has 1 aromatic heterocycles. The topological polar surface area (TPSA) is 87.7 Å². The van der Waals surface area contributed by atoms with Gasteiger partial charge >= 0.3 is 0 Å². The number of carbonyl (C=O) groups is 1. The molecule has 0 aliphatic rings. The van der Waals surface area contributed by atoms with Crippen molar-refractivity contribution in [1.29, 1.82) is 0 Å². The van der Waals surface area contributed by atoms with Crippen molar-refractivity contribution in [3.8, 4) is 0 Å². The summed E-state index contributed by atoms with van der Waals surface area (Å²) in [6.45, 7) is 0. The van der Waals surface area contributed by atoms with Crippen LogP contribution in [0, 0.1) is 5.82 Å². The van der Waals surface area contributed by atoms with Gasteiger partial charge in [-0.05, 0) is 18.2 Å². The zero-order chi connectivity index (χ0) is 13.7. The lowest BCUT2D eigenvalue weighted by atomic mass is 10.3. The highest BCUT2D eigenvalue weighted by molar-refractivity contribution is 7.99. The highest BCUT2D eigenvalue weighted by atomic mass is 32.2. The second kappa shape index (κ2) is 6.10. The molecular formula is C11H9FN4O2S. The molecule has 0 fully saturated rings. The van der Waals surface area contributed by atoms with E-state index in [1.165, 1.54) is 18.2 Å². The van der Waals surface area contributed by atoms with Gasteiger partial charge in [0.05, 0.1) is 5.75 Å². The van der Waals surface area contributed by atoms with Crippen molar-refractivity contribution in [1.82, 2.24) is 15.2 Å². The van der Waals surface area contributed by atoms with Crippen molar-refractivity contribution < 1.29 is 9.18 Å². The highest BCUT2D eigenvalue weighted by Gasteiger charge is 2.06. The van der Waals surface area contributed by atoms with Crippen molar-refractivity contribution in [2.75, 3.05) is 11.1 Å². The Morgan fingerprint density at radius 2 is 2.32 bits per heavy atom. The van der Waals surface area contributed by atoms with Crippen LogP contribution < -0.4 is 10.9 Å². The number of amides is 1. The molecule has 0 aliphatic heterocycles. The quantitative estimate of drug-likeness (QED) is 0.817. The van der Waals surface area contributed by atoms with E-state index in [2.05, 4.69) is 20.5 Å². The van der Waals surface area contributed by atoms with Crippen LogP contribution in [0.25, 0.3) is 0 Å². The van der Waals surface area contributed by atoms with Gasteiger partial charge in [0.2, 0.25) is 5.91 Å². The number of H-pyrrole nitrogens is 1. The molecule has 6 nitrogen and oxygen atoms in total. The Morgan fingerprint density at radius 3 is 3.05 bits per heavy atom. The molecule has 1 amide bonds. The fraction of sp³-hybridized carbons (Fsp3) is 0.0909. The van der Waals surface area contributed by atoms with Crippen LogP contribution in [-0.2, 0) is 4.79 Å². The Balaban J connectivity index is 1.90. The van der Waals surface area contributed by atoms with E-state index in [0.29, 0.717) is 5.69 Å². The molecule has 0 saturated carbocycles. The number of aromatic amines is 1. The zero-order valence-corrected chi connectivity index (χ0v) is 10.4. The predicted octanol–water partition coefficient (Wildman–Crippen LogP) is 1.03. The number of carbonyl (C=O) groups excluding carboxylic acids is 1. The first-order chi connectivity index (χ1) is 9.13. The van der Waals surface area contributed by atoms with Gasteiger partial charge in [0.25, 0.3) is 5.56 Å². The minimum absolute atomic E-state index is 0.0329. The van der Waals surface area contributed by atoms with E-state index >= 15 is 0 Å². The van der Waals surface area contributed by atoms with Gasteiger partial charge in [0, 0.05) is 5.69 Å². The molecule has 2 N–H and O–H groups in total. The summed E-state index contributed by atoms with van der Waals surface area (Å²) in [5.41, 5.74) is -0.0127. The lowest BCUT2D eigenvalue weighted by molar-refractivity contribution is -0.113. The highest BCUT2D eigenvalue weighted by Crippen LogP contribution is 2.12. The van der Waals surface area contributed by atoms with Crippen LogP contribution >= 0.6 is 11.8 Å². The second-order valence-electron chi connectivity index (χ2n) is 3.49. The molecular weight excluding hydrogens is 271 g/mol. The zero-order valence-electron chi connectivity index (χ0n) is 9.59. The number of hydrogen-bond acceptors (Lipinski definition) is 5. The molecule has 2 rings (SSSR count). The fourth-order valence-corrected chi connectivity index (χ4v) is 1.88. The molecule has 0 aliphatic carbocycles. The standard InChI is InChI=1S/C11H9FN4O2S/c12-7-2-1-3-8(4-7)14-10(18)6-19-11-15-9(17)5-13-16-11/h1-5H,6H2,(H,14,18)(H,15,16,17). The van der Waals surface area contributed by atoms with Crippen LogP contribution in [0.5, 0.6) is 0 Å². The maximum absolute atomic E-state index is 12.9. The van der Waals surface area contributed by atoms with E-state index in [9.17, 15) is 14.0 Å².